The van der Waals surface area contributed by atoms with Crippen LogP contribution in [-0.4, -0.2) is 40.0 Å². The van der Waals surface area contributed by atoms with Gasteiger partial charge in [-0.25, -0.2) is 19.0 Å². The number of nitrogens with zero attached hydrogens (tertiary/aromatic N) is 4. The van der Waals surface area contributed by atoms with E-state index in [2.05, 4.69) is 20.4 Å². The predicted octanol–water partition coefficient (Wildman–Crippen LogP) is 1.83. The van der Waals surface area contributed by atoms with Crippen molar-refractivity contribution in [3.8, 4) is 11.3 Å². The Balaban J connectivity index is 1.94. The van der Waals surface area contributed by atoms with E-state index in [4.69, 9.17) is 10.5 Å². The third kappa shape index (κ3) is 2.18. The third-order valence-electron chi connectivity index (χ3n) is 4.25. The molecule has 0 radical (unpaired) electrons. The molecule has 0 amide bonds. The van der Waals surface area contributed by atoms with Gasteiger partial charge in [-0.3, -0.25) is 0 Å². The highest BCUT2D eigenvalue weighted by atomic mass is 19.1. The van der Waals surface area contributed by atoms with Gasteiger partial charge >= 0.3 is 0 Å². The number of ether oxygens (including phenoxy) is 1. The van der Waals surface area contributed by atoms with Crippen LogP contribution >= 0.6 is 0 Å². The van der Waals surface area contributed by atoms with Gasteiger partial charge in [0.25, 0.3) is 0 Å². The molecule has 8 heteroatoms. The summed E-state index contributed by atoms with van der Waals surface area (Å²) in [6.07, 6.45) is 2.04. The lowest BCUT2D eigenvalue weighted by Gasteiger charge is -2.06. The molecule has 0 atom stereocenters. The Labute approximate surface area is 137 Å². The molecule has 124 valence electrons. The molecule has 3 heterocycles. The first-order valence-corrected chi connectivity index (χ1v) is 7.72. The molecule has 0 aliphatic carbocycles. The van der Waals surface area contributed by atoms with Crippen molar-refractivity contribution in [2.24, 2.45) is 0 Å². The van der Waals surface area contributed by atoms with E-state index in [0.717, 1.165) is 12.2 Å². The van der Waals surface area contributed by atoms with Crippen LogP contribution in [0.1, 0.15) is 5.56 Å². The number of fused-ring (bicyclic) bond motifs is 2. The van der Waals surface area contributed by atoms with Crippen LogP contribution in [0, 0.1) is 5.82 Å². The van der Waals surface area contributed by atoms with E-state index >= 15 is 0 Å². The molecule has 24 heavy (non-hydrogen) atoms. The number of nitrogen functional groups attached to an aromatic ring is 1. The SMILES string of the molecule is COCCn1nc(-c2ccc3c(c2F)CCN3)c2c(N)ncnc21. The van der Waals surface area contributed by atoms with Gasteiger partial charge in [0.1, 0.15) is 23.7 Å². The fraction of sp³-hybridized carbons (Fsp3) is 0.312. The third-order valence-corrected chi connectivity index (χ3v) is 4.25. The smallest absolute Gasteiger partial charge is 0.164 e. The average molecular weight is 328 g/mol. The lowest BCUT2D eigenvalue weighted by molar-refractivity contribution is 0.184. The maximum absolute atomic E-state index is 15.0. The number of nitrogens with one attached hydrogen (secondary N) is 1. The van der Waals surface area contributed by atoms with Crippen LogP contribution in [0.25, 0.3) is 22.3 Å². The number of nitrogens with two attached hydrogens (primary N) is 1. The first kappa shape index (κ1) is 14.8. The number of hydrogen-bond donors (Lipinski definition) is 2. The molecular formula is C16H17FN6O. The molecule has 0 unspecified atom stereocenters. The van der Waals surface area contributed by atoms with Crippen molar-refractivity contribution in [3.05, 3.63) is 29.8 Å². The van der Waals surface area contributed by atoms with Gasteiger partial charge in [-0.05, 0) is 18.6 Å². The first-order valence-electron chi connectivity index (χ1n) is 7.72. The molecule has 0 bridgehead atoms. The molecule has 7 nitrogen and oxygen atoms in total. The molecule has 1 aromatic carbocycles. The summed E-state index contributed by atoms with van der Waals surface area (Å²) < 4.78 is 21.8. The monoisotopic (exact) mass is 328 g/mol. The standard InChI is InChI=1S/C16H17FN6O/c1-24-7-6-23-16-12(15(18)20-8-21-16)14(22-23)10-2-3-11-9(13(10)17)4-5-19-11/h2-3,8,19H,4-7H2,1H3,(H2,18,20,21). The Morgan fingerprint density at radius 2 is 2.25 bits per heavy atom. The second-order valence-corrected chi connectivity index (χ2v) is 5.65. The molecule has 1 aliphatic heterocycles. The summed E-state index contributed by atoms with van der Waals surface area (Å²) in [7, 11) is 1.61. The first-order chi connectivity index (χ1) is 11.7. The van der Waals surface area contributed by atoms with Crippen molar-refractivity contribution < 1.29 is 9.13 Å². The number of rotatable bonds is 4. The Morgan fingerprint density at radius 1 is 1.38 bits per heavy atom. The Morgan fingerprint density at radius 3 is 3.08 bits per heavy atom. The number of benzene rings is 1. The highest BCUT2D eigenvalue weighted by Crippen LogP contribution is 2.36. The number of aromatic nitrogens is 4. The molecule has 1 aliphatic rings. The van der Waals surface area contributed by atoms with E-state index in [9.17, 15) is 4.39 Å². The summed E-state index contributed by atoms with van der Waals surface area (Å²) in [6, 6.07) is 3.60. The van der Waals surface area contributed by atoms with Gasteiger partial charge in [0, 0.05) is 30.5 Å². The zero-order chi connectivity index (χ0) is 16.7. The van der Waals surface area contributed by atoms with Gasteiger partial charge < -0.3 is 15.8 Å². The maximum atomic E-state index is 15.0. The summed E-state index contributed by atoms with van der Waals surface area (Å²) in [6.45, 7) is 1.71. The van der Waals surface area contributed by atoms with Crippen LogP contribution in [0.3, 0.4) is 0 Å². The molecule has 2 aromatic heterocycles. The van der Waals surface area contributed by atoms with Gasteiger partial charge in [0.05, 0.1) is 18.5 Å². The van der Waals surface area contributed by atoms with Crippen molar-refractivity contribution >= 4 is 22.5 Å². The Bertz CT molecular complexity index is 923. The highest BCUT2D eigenvalue weighted by molar-refractivity contribution is 5.98. The number of hydrogen-bond acceptors (Lipinski definition) is 6. The van der Waals surface area contributed by atoms with Crippen LogP contribution in [0.15, 0.2) is 18.5 Å². The molecule has 0 saturated carbocycles. The minimum Gasteiger partial charge on any atom is -0.384 e. The molecule has 0 fully saturated rings. The van der Waals surface area contributed by atoms with Crippen molar-refractivity contribution in [3.63, 3.8) is 0 Å². The number of anilines is 2. The molecule has 3 aromatic rings. The maximum Gasteiger partial charge on any atom is 0.164 e. The predicted molar refractivity (Wildman–Crippen MR) is 89.2 cm³/mol. The normalized spacial score (nSPS) is 13.2. The van der Waals surface area contributed by atoms with Gasteiger partial charge in [-0.15, -0.1) is 0 Å². The Kier molecular flexibility index (Phi) is 3.53. The van der Waals surface area contributed by atoms with Crippen LogP contribution in [0.4, 0.5) is 15.9 Å². The van der Waals surface area contributed by atoms with Crippen molar-refractivity contribution in [2.75, 3.05) is 31.3 Å². The lowest BCUT2D eigenvalue weighted by Crippen LogP contribution is -2.06. The highest BCUT2D eigenvalue weighted by Gasteiger charge is 2.23. The van der Waals surface area contributed by atoms with Crippen molar-refractivity contribution in [1.82, 2.24) is 19.7 Å². The number of methoxy groups -OCH3 is 1. The Hall–Kier alpha value is -2.74. The van der Waals surface area contributed by atoms with Gasteiger partial charge in [0.2, 0.25) is 0 Å². The largest absolute Gasteiger partial charge is 0.384 e. The summed E-state index contributed by atoms with van der Waals surface area (Å²) in [5, 5.41) is 8.28. The quantitative estimate of drug-likeness (QED) is 0.759. The lowest BCUT2D eigenvalue weighted by atomic mass is 10.0. The van der Waals surface area contributed by atoms with Crippen LogP contribution in [-0.2, 0) is 17.7 Å². The summed E-state index contributed by atoms with van der Waals surface area (Å²) in [5.41, 5.74) is 9.01. The van der Waals surface area contributed by atoms with E-state index < -0.39 is 0 Å². The average Bonchev–Trinajstić information content (AvgIpc) is 3.19. The van der Waals surface area contributed by atoms with Crippen molar-refractivity contribution in [1.29, 1.82) is 0 Å². The van der Waals surface area contributed by atoms with Gasteiger partial charge in [-0.1, -0.05) is 0 Å². The molecule has 0 saturated heterocycles. The van der Waals surface area contributed by atoms with E-state index in [1.165, 1.54) is 6.33 Å². The minimum absolute atomic E-state index is 0.265. The van der Waals surface area contributed by atoms with E-state index in [0.29, 0.717) is 47.4 Å². The van der Waals surface area contributed by atoms with E-state index in [1.54, 1.807) is 17.9 Å². The zero-order valence-electron chi connectivity index (χ0n) is 13.2. The van der Waals surface area contributed by atoms with Crippen LogP contribution in [0.2, 0.25) is 0 Å². The zero-order valence-corrected chi connectivity index (χ0v) is 13.2. The van der Waals surface area contributed by atoms with Crippen LogP contribution in [0.5, 0.6) is 0 Å². The topological polar surface area (TPSA) is 90.9 Å². The molecule has 0 spiro atoms. The fourth-order valence-corrected chi connectivity index (χ4v) is 3.09. The summed E-state index contributed by atoms with van der Waals surface area (Å²) in [4.78, 5) is 8.30. The second kappa shape index (κ2) is 5.72. The minimum atomic E-state index is -0.265. The number of halogens is 1. The summed E-state index contributed by atoms with van der Waals surface area (Å²) in [5.74, 6) is 0.0238. The van der Waals surface area contributed by atoms with Crippen molar-refractivity contribution in [2.45, 2.75) is 13.0 Å². The van der Waals surface area contributed by atoms with E-state index in [1.807, 2.05) is 6.07 Å². The fourth-order valence-electron chi connectivity index (χ4n) is 3.09. The molecule has 4 rings (SSSR count). The van der Waals surface area contributed by atoms with Crippen LogP contribution < -0.4 is 11.1 Å². The second-order valence-electron chi connectivity index (χ2n) is 5.65. The van der Waals surface area contributed by atoms with Gasteiger partial charge in [0.15, 0.2) is 5.65 Å². The van der Waals surface area contributed by atoms with Gasteiger partial charge in [-0.2, -0.15) is 5.10 Å². The molecule has 3 N–H and O–H groups in total. The molecular weight excluding hydrogens is 311 g/mol. The summed E-state index contributed by atoms with van der Waals surface area (Å²) >= 11 is 0. The van der Waals surface area contributed by atoms with E-state index in [-0.39, 0.29) is 11.6 Å².